The molecule has 1 fully saturated rings. The maximum absolute atomic E-state index is 13.7. The van der Waals surface area contributed by atoms with Gasteiger partial charge in [0.2, 0.25) is 0 Å². The Hall–Kier alpha value is -2.44. The number of halogens is 2. The summed E-state index contributed by atoms with van der Waals surface area (Å²) < 4.78 is 27.2. The van der Waals surface area contributed by atoms with E-state index in [0.29, 0.717) is 17.4 Å². The predicted octanol–water partition coefficient (Wildman–Crippen LogP) is 2.91. The molecule has 1 unspecified atom stereocenters. The van der Waals surface area contributed by atoms with Crippen molar-refractivity contribution in [1.82, 2.24) is 10.2 Å². The number of aromatic nitrogens is 2. The summed E-state index contributed by atoms with van der Waals surface area (Å²) in [6.07, 6.45) is 3.61. The van der Waals surface area contributed by atoms with Crippen LogP contribution in [0.25, 0.3) is 0 Å². The van der Waals surface area contributed by atoms with Gasteiger partial charge in [0.1, 0.15) is 6.17 Å². The molecule has 120 valence electrons. The smallest absolute Gasteiger partial charge is 0.161 e. The second-order valence-corrected chi connectivity index (χ2v) is 6.21. The topological polar surface area (TPSA) is 44.3 Å². The number of fused-ring (bicyclic) bond motifs is 1. The Bertz CT molecular complexity index is 760. The van der Waals surface area contributed by atoms with Gasteiger partial charge in [-0.05, 0) is 18.9 Å². The molecule has 4 rings (SSSR count). The number of benzene rings is 1. The second kappa shape index (κ2) is 5.04. The molecule has 0 bridgehead atoms. The van der Waals surface area contributed by atoms with Crippen molar-refractivity contribution in [3.05, 3.63) is 41.6 Å². The van der Waals surface area contributed by atoms with E-state index in [0.717, 1.165) is 24.2 Å². The largest absolute Gasteiger partial charge is 0.361 e. The number of hydrogen-bond acceptors (Lipinski definition) is 5. The molecule has 1 atom stereocenters. The quantitative estimate of drug-likeness (QED) is 0.943. The summed E-state index contributed by atoms with van der Waals surface area (Å²) in [7, 11) is 3.79. The second-order valence-electron chi connectivity index (χ2n) is 6.21. The van der Waals surface area contributed by atoms with Crippen LogP contribution in [0.15, 0.2) is 24.4 Å². The highest BCUT2D eigenvalue weighted by molar-refractivity contribution is 5.78. The first-order chi connectivity index (χ1) is 11.0. The lowest BCUT2D eigenvalue weighted by molar-refractivity contribution is 0.509. The van der Waals surface area contributed by atoms with Gasteiger partial charge in [-0.3, -0.25) is 0 Å². The Morgan fingerprint density at radius 1 is 1.17 bits per heavy atom. The van der Waals surface area contributed by atoms with Crippen LogP contribution in [0.2, 0.25) is 0 Å². The summed E-state index contributed by atoms with van der Waals surface area (Å²) in [5.74, 6) is -0.915. The van der Waals surface area contributed by atoms with E-state index < -0.39 is 11.6 Å². The molecule has 1 aromatic carbocycles. The maximum atomic E-state index is 13.7. The van der Waals surface area contributed by atoms with Crippen LogP contribution in [-0.4, -0.2) is 30.3 Å². The Kier molecular flexibility index (Phi) is 3.11. The van der Waals surface area contributed by atoms with E-state index in [9.17, 15) is 8.78 Å². The number of nitrogens with zero attached hydrogens (tertiary/aromatic N) is 4. The molecule has 0 radical (unpaired) electrons. The minimum Gasteiger partial charge on any atom is -0.361 e. The van der Waals surface area contributed by atoms with Crippen LogP contribution in [0, 0.1) is 11.6 Å². The van der Waals surface area contributed by atoms with E-state index in [-0.39, 0.29) is 6.17 Å². The molecule has 0 amide bonds. The standard InChI is InChI=1S/C16H17F2N5/c1-22(2)15-5-9(8-19-21-15)16-20-13-6-11(17)12(18)7-14(13)23(16)10-3-4-10/h5-8,10,16,20H,3-4H2,1-2H3. The van der Waals surface area contributed by atoms with Gasteiger partial charge in [0.15, 0.2) is 17.5 Å². The zero-order chi connectivity index (χ0) is 16.1. The maximum Gasteiger partial charge on any atom is 0.161 e. The summed E-state index contributed by atoms with van der Waals surface area (Å²) in [5, 5.41) is 11.4. The van der Waals surface area contributed by atoms with Crippen molar-refractivity contribution in [1.29, 1.82) is 0 Å². The summed E-state index contributed by atoms with van der Waals surface area (Å²) in [4.78, 5) is 3.99. The highest BCUT2D eigenvalue weighted by Gasteiger charge is 2.41. The molecule has 0 spiro atoms. The molecule has 2 aromatic rings. The molecule has 0 saturated heterocycles. The Labute approximate surface area is 132 Å². The SMILES string of the molecule is CN(C)c1cc(C2Nc3cc(F)c(F)cc3N2C2CC2)cnn1. The van der Waals surface area contributed by atoms with E-state index in [4.69, 9.17) is 0 Å². The average Bonchev–Trinajstić information content (AvgIpc) is 3.30. The van der Waals surface area contributed by atoms with Crippen molar-refractivity contribution in [2.24, 2.45) is 0 Å². The molecule has 23 heavy (non-hydrogen) atoms. The van der Waals surface area contributed by atoms with Crippen LogP contribution in [0.3, 0.4) is 0 Å². The minimum atomic E-state index is -0.838. The molecule has 7 heteroatoms. The fourth-order valence-electron chi connectivity index (χ4n) is 2.96. The summed E-state index contributed by atoms with van der Waals surface area (Å²) in [6.45, 7) is 0. The zero-order valence-corrected chi connectivity index (χ0v) is 12.9. The van der Waals surface area contributed by atoms with Crippen LogP contribution in [0.1, 0.15) is 24.6 Å². The van der Waals surface area contributed by atoms with Crippen LogP contribution in [0.5, 0.6) is 0 Å². The third-order valence-corrected chi connectivity index (χ3v) is 4.26. The molecule has 2 aliphatic rings. The van der Waals surface area contributed by atoms with Gasteiger partial charge in [-0.1, -0.05) is 0 Å². The third-order valence-electron chi connectivity index (χ3n) is 4.26. The van der Waals surface area contributed by atoms with Crippen LogP contribution >= 0.6 is 0 Å². The van der Waals surface area contributed by atoms with Gasteiger partial charge in [-0.25, -0.2) is 8.78 Å². The van der Waals surface area contributed by atoms with Gasteiger partial charge in [0.25, 0.3) is 0 Å². The highest BCUT2D eigenvalue weighted by atomic mass is 19.2. The minimum absolute atomic E-state index is 0.187. The van der Waals surface area contributed by atoms with E-state index in [1.165, 1.54) is 12.1 Å². The molecule has 1 N–H and O–H groups in total. The zero-order valence-electron chi connectivity index (χ0n) is 12.9. The molecule has 2 heterocycles. The molecule has 1 aliphatic carbocycles. The van der Waals surface area contributed by atoms with Crippen molar-refractivity contribution in [2.75, 3.05) is 29.2 Å². The molecular weight excluding hydrogens is 300 g/mol. The lowest BCUT2D eigenvalue weighted by Crippen LogP contribution is -2.30. The van der Waals surface area contributed by atoms with Crippen molar-refractivity contribution in [3.63, 3.8) is 0 Å². The molecule has 1 saturated carbocycles. The monoisotopic (exact) mass is 317 g/mol. The van der Waals surface area contributed by atoms with Crippen molar-refractivity contribution in [3.8, 4) is 0 Å². The Morgan fingerprint density at radius 2 is 1.91 bits per heavy atom. The molecule has 1 aliphatic heterocycles. The first kappa shape index (κ1) is 14.2. The summed E-state index contributed by atoms with van der Waals surface area (Å²) >= 11 is 0. The first-order valence-corrected chi connectivity index (χ1v) is 7.58. The van der Waals surface area contributed by atoms with Gasteiger partial charge in [0, 0.05) is 37.8 Å². The highest BCUT2D eigenvalue weighted by Crippen LogP contribution is 2.48. The van der Waals surface area contributed by atoms with Gasteiger partial charge in [-0.2, -0.15) is 5.10 Å². The fourth-order valence-corrected chi connectivity index (χ4v) is 2.96. The third kappa shape index (κ3) is 2.36. The average molecular weight is 317 g/mol. The lowest BCUT2D eigenvalue weighted by Gasteiger charge is -2.27. The van der Waals surface area contributed by atoms with Crippen LogP contribution in [0.4, 0.5) is 26.0 Å². The van der Waals surface area contributed by atoms with E-state index in [1.54, 1.807) is 6.20 Å². The fraction of sp³-hybridized carbons (Fsp3) is 0.375. The van der Waals surface area contributed by atoms with Crippen molar-refractivity contribution < 1.29 is 8.78 Å². The van der Waals surface area contributed by atoms with Gasteiger partial charge < -0.3 is 15.1 Å². The summed E-state index contributed by atoms with van der Waals surface area (Å²) in [5.41, 5.74) is 2.25. The van der Waals surface area contributed by atoms with Crippen molar-refractivity contribution >= 4 is 17.2 Å². The van der Waals surface area contributed by atoms with Crippen LogP contribution < -0.4 is 15.1 Å². The molecule has 5 nitrogen and oxygen atoms in total. The number of anilines is 3. The molecular formula is C16H17F2N5. The predicted molar refractivity (Wildman–Crippen MR) is 84.6 cm³/mol. The normalized spacial score (nSPS) is 19.5. The van der Waals surface area contributed by atoms with Gasteiger partial charge in [-0.15, -0.1) is 5.10 Å². The summed E-state index contributed by atoms with van der Waals surface area (Å²) in [6, 6.07) is 4.78. The van der Waals surface area contributed by atoms with Gasteiger partial charge in [0.05, 0.1) is 17.6 Å². The van der Waals surface area contributed by atoms with E-state index in [1.807, 2.05) is 25.1 Å². The van der Waals surface area contributed by atoms with Gasteiger partial charge >= 0.3 is 0 Å². The van der Waals surface area contributed by atoms with Crippen molar-refractivity contribution in [2.45, 2.75) is 25.0 Å². The number of rotatable bonds is 3. The van der Waals surface area contributed by atoms with E-state index >= 15 is 0 Å². The number of nitrogens with one attached hydrogen (secondary N) is 1. The molecule has 1 aromatic heterocycles. The lowest BCUT2D eigenvalue weighted by atomic mass is 10.2. The van der Waals surface area contributed by atoms with E-state index in [2.05, 4.69) is 20.4 Å². The Balaban J connectivity index is 1.76. The number of hydrogen-bond donors (Lipinski definition) is 1. The Morgan fingerprint density at radius 3 is 2.61 bits per heavy atom. The first-order valence-electron chi connectivity index (χ1n) is 7.58. The van der Waals surface area contributed by atoms with Crippen LogP contribution in [-0.2, 0) is 0 Å².